The SMILES string of the molecule is CN1CCn2nc(Nc3cc(C4CCNC4)cn4ncnc34)cc2C1.Cl. The molecule has 0 amide bonds. The number of hydrogen-bond donors (Lipinski definition) is 2. The van der Waals surface area contributed by atoms with Crippen LogP contribution in [0.1, 0.15) is 23.6 Å². The quantitative estimate of drug-likeness (QED) is 0.725. The van der Waals surface area contributed by atoms with Crippen LogP contribution in [0.25, 0.3) is 5.65 Å². The molecule has 0 saturated carbocycles. The van der Waals surface area contributed by atoms with Crippen LogP contribution < -0.4 is 10.6 Å². The first-order chi connectivity index (χ1) is 12.3. The molecule has 0 aliphatic carbocycles. The third-order valence-electron chi connectivity index (χ3n) is 5.18. The molecule has 1 fully saturated rings. The molecule has 0 spiro atoms. The average Bonchev–Trinajstić information content (AvgIpc) is 3.34. The summed E-state index contributed by atoms with van der Waals surface area (Å²) in [6.07, 6.45) is 4.85. The van der Waals surface area contributed by atoms with Crippen molar-refractivity contribution >= 4 is 29.6 Å². The van der Waals surface area contributed by atoms with Gasteiger partial charge in [-0.05, 0) is 37.6 Å². The highest BCUT2D eigenvalue weighted by Gasteiger charge is 2.20. The van der Waals surface area contributed by atoms with E-state index in [9.17, 15) is 0 Å². The zero-order valence-electron chi connectivity index (χ0n) is 14.7. The highest BCUT2D eigenvalue weighted by atomic mass is 35.5. The van der Waals surface area contributed by atoms with Crippen LogP contribution >= 0.6 is 12.4 Å². The van der Waals surface area contributed by atoms with Gasteiger partial charge in [-0.2, -0.15) is 10.2 Å². The minimum atomic E-state index is 0. The summed E-state index contributed by atoms with van der Waals surface area (Å²) < 4.78 is 3.95. The first-order valence-electron chi connectivity index (χ1n) is 8.82. The van der Waals surface area contributed by atoms with Gasteiger partial charge in [-0.1, -0.05) is 0 Å². The Morgan fingerprint density at radius 3 is 3.04 bits per heavy atom. The third kappa shape index (κ3) is 3.04. The number of nitrogens with zero attached hydrogens (tertiary/aromatic N) is 6. The van der Waals surface area contributed by atoms with Gasteiger partial charge in [0.15, 0.2) is 11.5 Å². The molecule has 138 valence electrons. The molecular weight excluding hydrogens is 352 g/mol. The van der Waals surface area contributed by atoms with E-state index in [-0.39, 0.29) is 12.4 Å². The Bertz CT molecular complexity index is 911. The van der Waals surface area contributed by atoms with E-state index in [0.29, 0.717) is 5.92 Å². The van der Waals surface area contributed by atoms with Crippen molar-refractivity contribution in [3.8, 4) is 0 Å². The number of nitrogens with one attached hydrogen (secondary N) is 2. The second-order valence-corrected chi connectivity index (χ2v) is 7.01. The Hall–Kier alpha value is -2.16. The Kier molecular flexibility index (Phi) is 4.56. The minimum Gasteiger partial charge on any atom is -0.336 e. The fourth-order valence-electron chi connectivity index (χ4n) is 3.80. The van der Waals surface area contributed by atoms with Crippen molar-refractivity contribution in [2.75, 3.05) is 32.0 Å². The second-order valence-electron chi connectivity index (χ2n) is 7.01. The van der Waals surface area contributed by atoms with Gasteiger partial charge in [0.25, 0.3) is 0 Å². The maximum atomic E-state index is 4.71. The topological polar surface area (TPSA) is 75.3 Å². The van der Waals surface area contributed by atoms with Gasteiger partial charge in [0.1, 0.15) is 6.33 Å². The lowest BCUT2D eigenvalue weighted by Gasteiger charge is -2.22. The van der Waals surface area contributed by atoms with Gasteiger partial charge < -0.3 is 10.6 Å². The fourth-order valence-corrected chi connectivity index (χ4v) is 3.80. The predicted molar refractivity (Wildman–Crippen MR) is 102 cm³/mol. The molecule has 9 heteroatoms. The molecule has 2 aliphatic heterocycles. The number of rotatable bonds is 3. The molecule has 3 aromatic rings. The lowest BCUT2D eigenvalue weighted by atomic mass is 10.00. The van der Waals surface area contributed by atoms with E-state index in [1.54, 1.807) is 6.33 Å². The van der Waals surface area contributed by atoms with Crippen LogP contribution in [0.5, 0.6) is 0 Å². The molecular formula is C17H23ClN8. The van der Waals surface area contributed by atoms with Gasteiger partial charge in [-0.15, -0.1) is 12.4 Å². The van der Waals surface area contributed by atoms with Crippen molar-refractivity contribution in [2.24, 2.45) is 0 Å². The Morgan fingerprint density at radius 2 is 2.19 bits per heavy atom. The fraction of sp³-hybridized carbons (Fsp3) is 0.471. The molecule has 26 heavy (non-hydrogen) atoms. The number of pyridine rings is 1. The summed E-state index contributed by atoms with van der Waals surface area (Å²) in [5, 5.41) is 16.0. The van der Waals surface area contributed by atoms with Crippen LogP contribution in [-0.2, 0) is 13.1 Å². The standard InChI is InChI=1S/C17H22N8.ClH/c1-23-4-5-24-14(10-23)7-16(22-24)21-15-6-13(12-2-3-18-8-12)9-25-17(15)19-11-20-25;/h6-7,9,11-12,18H,2-5,8,10H2,1H3,(H,21,22);1H. The van der Waals surface area contributed by atoms with Gasteiger partial charge in [0.05, 0.1) is 17.9 Å². The number of hydrogen-bond acceptors (Lipinski definition) is 6. The van der Waals surface area contributed by atoms with Gasteiger partial charge in [-0.3, -0.25) is 9.58 Å². The number of likely N-dealkylation sites (N-methyl/N-ethyl adjacent to an activating group) is 1. The zero-order chi connectivity index (χ0) is 16.8. The van der Waals surface area contributed by atoms with Crippen molar-refractivity contribution in [1.29, 1.82) is 0 Å². The summed E-state index contributed by atoms with van der Waals surface area (Å²) in [7, 11) is 2.14. The van der Waals surface area contributed by atoms with Crippen LogP contribution in [0, 0.1) is 0 Å². The summed E-state index contributed by atoms with van der Waals surface area (Å²) in [6.45, 7) is 4.99. The van der Waals surface area contributed by atoms with Gasteiger partial charge in [0.2, 0.25) is 0 Å². The normalized spacial score (nSPS) is 20.1. The van der Waals surface area contributed by atoms with E-state index in [0.717, 1.165) is 56.3 Å². The van der Waals surface area contributed by atoms with Gasteiger partial charge in [-0.25, -0.2) is 9.50 Å². The van der Waals surface area contributed by atoms with Crippen LogP contribution in [-0.4, -0.2) is 56.0 Å². The van der Waals surface area contributed by atoms with Crippen molar-refractivity contribution in [1.82, 2.24) is 34.6 Å². The molecule has 0 bridgehead atoms. The first-order valence-corrected chi connectivity index (χ1v) is 8.82. The van der Waals surface area contributed by atoms with Crippen LogP contribution in [0.4, 0.5) is 11.5 Å². The van der Waals surface area contributed by atoms with Gasteiger partial charge >= 0.3 is 0 Å². The monoisotopic (exact) mass is 374 g/mol. The van der Waals surface area contributed by atoms with Crippen molar-refractivity contribution in [3.63, 3.8) is 0 Å². The molecule has 1 saturated heterocycles. The summed E-state index contributed by atoms with van der Waals surface area (Å²) in [6, 6.07) is 4.33. The van der Waals surface area contributed by atoms with Crippen molar-refractivity contribution in [2.45, 2.75) is 25.4 Å². The summed E-state index contributed by atoms with van der Waals surface area (Å²) in [4.78, 5) is 6.72. The maximum Gasteiger partial charge on any atom is 0.178 e. The average molecular weight is 375 g/mol. The van der Waals surface area contributed by atoms with Crippen LogP contribution in [0.2, 0.25) is 0 Å². The number of halogens is 1. The second kappa shape index (κ2) is 6.86. The predicted octanol–water partition coefficient (Wildman–Crippen LogP) is 1.61. The highest BCUT2D eigenvalue weighted by molar-refractivity contribution is 5.85. The molecule has 2 aliphatic rings. The third-order valence-corrected chi connectivity index (χ3v) is 5.18. The molecule has 1 atom stereocenters. The minimum absolute atomic E-state index is 0. The summed E-state index contributed by atoms with van der Waals surface area (Å²) >= 11 is 0. The Morgan fingerprint density at radius 1 is 1.27 bits per heavy atom. The van der Waals surface area contributed by atoms with E-state index < -0.39 is 0 Å². The smallest absolute Gasteiger partial charge is 0.178 e. The van der Waals surface area contributed by atoms with Crippen LogP contribution in [0.3, 0.4) is 0 Å². The number of aromatic nitrogens is 5. The Labute approximate surface area is 158 Å². The molecule has 3 aromatic heterocycles. The first kappa shape index (κ1) is 17.3. The van der Waals surface area contributed by atoms with Gasteiger partial charge in [0, 0.05) is 31.9 Å². The van der Waals surface area contributed by atoms with Crippen LogP contribution in [0.15, 0.2) is 24.7 Å². The number of fused-ring (bicyclic) bond motifs is 2. The molecule has 5 rings (SSSR count). The van der Waals surface area contributed by atoms with E-state index >= 15 is 0 Å². The lowest BCUT2D eigenvalue weighted by molar-refractivity contribution is 0.259. The molecule has 0 aromatic carbocycles. The van der Waals surface area contributed by atoms with E-state index in [1.165, 1.54) is 11.3 Å². The number of anilines is 2. The van der Waals surface area contributed by atoms with Crippen molar-refractivity contribution in [3.05, 3.63) is 35.9 Å². The molecule has 2 N–H and O–H groups in total. The van der Waals surface area contributed by atoms with E-state index in [4.69, 9.17) is 5.10 Å². The molecule has 8 nitrogen and oxygen atoms in total. The molecule has 0 radical (unpaired) electrons. The summed E-state index contributed by atoms with van der Waals surface area (Å²) in [5.41, 5.74) is 4.32. The van der Waals surface area contributed by atoms with E-state index in [1.807, 2.05) is 4.52 Å². The molecule has 5 heterocycles. The largest absolute Gasteiger partial charge is 0.336 e. The lowest BCUT2D eigenvalue weighted by Crippen LogP contribution is -2.30. The summed E-state index contributed by atoms with van der Waals surface area (Å²) in [5.74, 6) is 1.40. The highest BCUT2D eigenvalue weighted by Crippen LogP contribution is 2.28. The maximum absolute atomic E-state index is 4.71. The van der Waals surface area contributed by atoms with E-state index in [2.05, 4.69) is 55.7 Å². The Balaban J connectivity index is 0.00000168. The van der Waals surface area contributed by atoms with Crippen molar-refractivity contribution < 1.29 is 0 Å². The molecule has 1 unspecified atom stereocenters. The zero-order valence-corrected chi connectivity index (χ0v) is 15.5.